The number of benzene rings is 1. The van der Waals surface area contributed by atoms with Gasteiger partial charge in [-0.15, -0.1) is 0 Å². The lowest BCUT2D eigenvalue weighted by molar-refractivity contribution is -0.143. The van der Waals surface area contributed by atoms with Gasteiger partial charge in [-0.25, -0.2) is 13.1 Å². The zero-order valence-electron chi connectivity index (χ0n) is 15.4. The summed E-state index contributed by atoms with van der Waals surface area (Å²) < 4.78 is 33.3. The van der Waals surface area contributed by atoms with Crippen LogP contribution in [0.1, 0.15) is 37.0 Å². The Bertz CT molecular complexity index is 734. The van der Waals surface area contributed by atoms with Gasteiger partial charge in [-0.2, -0.15) is 0 Å². The number of hydrogen-bond acceptors (Lipinski definition) is 4. The van der Waals surface area contributed by atoms with E-state index in [0.29, 0.717) is 17.5 Å². The number of aliphatic carboxylic acids is 1. The van der Waals surface area contributed by atoms with Crippen LogP contribution in [0.2, 0.25) is 0 Å². The predicted octanol–water partition coefficient (Wildman–Crippen LogP) is 2.40. The summed E-state index contributed by atoms with van der Waals surface area (Å²) in [7, 11) is -3.66. The van der Waals surface area contributed by atoms with E-state index in [1.165, 1.54) is 0 Å². The van der Waals surface area contributed by atoms with E-state index in [1.807, 2.05) is 32.9 Å². The SMILES string of the molecule is Cc1cc(C)c(S(=O)(=O)NC[C@@H]2O[C@H]2[C@@H](CC(C)C)C(=O)O)c(C)c1. The topological polar surface area (TPSA) is 96.0 Å². The highest BCUT2D eigenvalue weighted by Crippen LogP contribution is 2.33. The molecule has 0 radical (unpaired) electrons. The van der Waals surface area contributed by atoms with Crippen LogP contribution in [-0.2, 0) is 19.6 Å². The van der Waals surface area contributed by atoms with Gasteiger partial charge in [0.15, 0.2) is 0 Å². The number of carboxylic acid groups (broad SMARTS) is 1. The maximum absolute atomic E-state index is 12.6. The fourth-order valence-corrected chi connectivity index (χ4v) is 4.91. The van der Waals surface area contributed by atoms with Crippen LogP contribution in [0.5, 0.6) is 0 Å². The van der Waals surface area contributed by atoms with E-state index >= 15 is 0 Å². The van der Waals surface area contributed by atoms with Crippen molar-refractivity contribution < 1.29 is 23.1 Å². The molecule has 1 aliphatic rings. The van der Waals surface area contributed by atoms with Crippen molar-refractivity contribution in [2.45, 2.75) is 58.1 Å². The van der Waals surface area contributed by atoms with Crippen LogP contribution in [0.4, 0.5) is 0 Å². The van der Waals surface area contributed by atoms with E-state index in [4.69, 9.17) is 4.74 Å². The van der Waals surface area contributed by atoms with E-state index in [9.17, 15) is 18.3 Å². The lowest BCUT2D eigenvalue weighted by Gasteiger charge is -2.13. The first-order valence-corrected chi connectivity index (χ1v) is 9.97. The summed E-state index contributed by atoms with van der Waals surface area (Å²) in [6.07, 6.45) is -0.303. The fourth-order valence-electron chi connectivity index (χ4n) is 3.41. The van der Waals surface area contributed by atoms with Crippen molar-refractivity contribution in [3.05, 3.63) is 28.8 Å². The third-order valence-corrected chi connectivity index (χ3v) is 6.14. The fraction of sp³-hybridized carbons (Fsp3) is 0.611. The van der Waals surface area contributed by atoms with Crippen LogP contribution >= 0.6 is 0 Å². The molecule has 1 fully saturated rings. The zero-order valence-corrected chi connectivity index (χ0v) is 16.2. The van der Waals surface area contributed by atoms with Gasteiger partial charge < -0.3 is 9.84 Å². The highest BCUT2D eigenvalue weighted by Gasteiger charge is 2.48. The minimum Gasteiger partial charge on any atom is -0.481 e. The molecule has 25 heavy (non-hydrogen) atoms. The van der Waals surface area contributed by atoms with E-state index in [2.05, 4.69) is 4.72 Å². The van der Waals surface area contributed by atoms with Crippen molar-refractivity contribution in [1.29, 1.82) is 0 Å². The third kappa shape index (κ3) is 4.80. The maximum Gasteiger partial charge on any atom is 0.309 e. The van der Waals surface area contributed by atoms with Crippen molar-refractivity contribution in [1.82, 2.24) is 4.72 Å². The second-order valence-electron chi connectivity index (χ2n) is 7.29. The molecular weight excluding hydrogens is 342 g/mol. The molecule has 2 N–H and O–H groups in total. The number of sulfonamides is 1. The van der Waals surface area contributed by atoms with E-state index < -0.39 is 28.0 Å². The van der Waals surface area contributed by atoms with Gasteiger partial charge in [0.05, 0.1) is 23.0 Å². The summed E-state index contributed by atoms with van der Waals surface area (Å²) in [6, 6.07) is 3.67. The second kappa shape index (κ2) is 7.43. The van der Waals surface area contributed by atoms with Crippen molar-refractivity contribution in [3.63, 3.8) is 0 Å². The summed E-state index contributed by atoms with van der Waals surface area (Å²) in [6.45, 7) is 9.47. The molecule has 1 heterocycles. The smallest absolute Gasteiger partial charge is 0.309 e. The Morgan fingerprint density at radius 3 is 2.28 bits per heavy atom. The summed E-state index contributed by atoms with van der Waals surface area (Å²) in [5.74, 6) is -1.26. The highest BCUT2D eigenvalue weighted by atomic mass is 32.2. The summed E-state index contributed by atoms with van der Waals surface area (Å²) in [5.41, 5.74) is 2.40. The van der Waals surface area contributed by atoms with Crippen LogP contribution in [0, 0.1) is 32.6 Å². The molecule has 0 unspecified atom stereocenters. The summed E-state index contributed by atoms with van der Waals surface area (Å²) in [4.78, 5) is 11.7. The Morgan fingerprint density at radius 2 is 1.80 bits per heavy atom. The molecule has 0 bridgehead atoms. The number of carbonyl (C=O) groups is 1. The minimum atomic E-state index is -3.66. The highest BCUT2D eigenvalue weighted by molar-refractivity contribution is 7.89. The van der Waals surface area contributed by atoms with Gasteiger partial charge in [0, 0.05) is 6.54 Å². The number of nitrogens with one attached hydrogen (secondary N) is 1. The molecule has 7 heteroatoms. The van der Waals surface area contributed by atoms with Crippen LogP contribution in [-0.4, -0.2) is 38.2 Å². The molecule has 1 aliphatic heterocycles. The molecule has 6 nitrogen and oxygen atoms in total. The number of aryl methyl sites for hydroxylation is 3. The van der Waals surface area contributed by atoms with Gasteiger partial charge in [-0.1, -0.05) is 31.5 Å². The molecule has 3 atom stereocenters. The van der Waals surface area contributed by atoms with Gasteiger partial charge >= 0.3 is 5.97 Å². The average molecular weight is 369 g/mol. The maximum atomic E-state index is 12.6. The molecule has 1 saturated heterocycles. The van der Waals surface area contributed by atoms with Gasteiger partial charge in [0.25, 0.3) is 0 Å². The molecule has 1 aromatic rings. The first-order chi connectivity index (χ1) is 11.5. The number of hydrogen-bond donors (Lipinski definition) is 2. The predicted molar refractivity (Wildman–Crippen MR) is 95.1 cm³/mol. The normalized spacial score (nSPS) is 21.4. The molecule has 2 rings (SSSR count). The van der Waals surface area contributed by atoms with E-state index in [0.717, 1.165) is 5.56 Å². The van der Waals surface area contributed by atoms with Gasteiger partial charge in [0.1, 0.15) is 0 Å². The van der Waals surface area contributed by atoms with Gasteiger partial charge in [-0.3, -0.25) is 4.79 Å². The quantitative estimate of drug-likeness (QED) is 0.686. The average Bonchev–Trinajstić information content (AvgIpc) is 3.20. The zero-order chi connectivity index (χ0) is 18.9. The number of ether oxygens (including phenoxy) is 1. The molecule has 0 spiro atoms. The number of carboxylic acids is 1. The van der Waals surface area contributed by atoms with Crippen LogP contribution in [0.15, 0.2) is 17.0 Å². The minimum absolute atomic E-state index is 0.0850. The number of epoxide rings is 1. The van der Waals surface area contributed by atoms with Crippen molar-refractivity contribution >= 4 is 16.0 Å². The molecular formula is C18H27NO5S. The molecule has 140 valence electrons. The summed E-state index contributed by atoms with van der Waals surface area (Å²) >= 11 is 0. The Hall–Kier alpha value is -1.44. The van der Waals surface area contributed by atoms with E-state index in [1.54, 1.807) is 13.8 Å². The molecule has 1 aromatic carbocycles. The second-order valence-corrected chi connectivity index (χ2v) is 9.00. The lowest BCUT2D eigenvalue weighted by Crippen LogP contribution is -2.31. The lowest BCUT2D eigenvalue weighted by atomic mass is 9.93. The molecule has 0 saturated carbocycles. The Kier molecular flexibility index (Phi) is 5.91. The van der Waals surface area contributed by atoms with Crippen LogP contribution in [0.3, 0.4) is 0 Å². The van der Waals surface area contributed by atoms with Crippen molar-refractivity contribution in [3.8, 4) is 0 Å². The Labute approximate surface area is 149 Å². The van der Waals surface area contributed by atoms with E-state index in [-0.39, 0.29) is 23.5 Å². The van der Waals surface area contributed by atoms with Crippen molar-refractivity contribution in [2.75, 3.05) is 6.54 Å². The van der Waals surface area contributed by atoms with Crippen LogP contribution in [0.25, 0.3) is 0 Å². The molecule has 0 aliphatic carbocycles. The largest absolute Gasteiger partial charge is 0.481 e. The van der Waals surface area contributed by atoms with Crippen molar-refractivity contribution in [2.24, 2.45) is 11.8 Å². The van der Waals surface area contributed by atoms with Gasteiger partial charge in [0.2, 0.25) is 10.0 Å². The van der Waals surface area contributed by atoms with Crippen LogP contribution < -0.4 is 4.72 Å². The Balaban J connectivity index is 2.04. The first-order valence-electron chi connectivity index (χ1n) is 8.48. The standard InChI is InChI=1S/C18H27NO5S/c1-10(2)6-14(18(20)21)16-15(24-16)9-19-25(22,23)17-12(4)7-11(3)8-13(17)5/h7-8,10,14-16,19H,6,9H2,1-5H3,(H,20,21)/t14-,15+,16+/m1/s1. The first kappa shape index (κ1) is 19.9. The monoisotopic (exact) mass is 369 g/mol. The summed E-state index contributed by atoms with van der Waals surface area (Å²) in [5, 5.41) is 9.34. The third-order valence-electron chi connectivity index (χ3n) is 4.41. The molecule has 0 amide bonds. The Morgan fingerprint density at radius 1 is 1.24 bits per heavy atom. The van der Waals surface area contributed by atoms with Gasteiger partial charge in [-0.05, 0) is 44.2 Å². The number of rotatable bonds is 8. The molecule has 0 aromatic heterocycles.